The van der Waals surface area contributed by atoms with E-state index >= 15 is 0 Å². The molecule has 23 heavy (non-hydrogen) atoms. The largest absolute Gasteiger partial charge is 0.481 e. The molecule has 0 spiro atoms. The zero-order valence-electron chi connectivity index (χ0n) is 13.6. The normalized spacial score (nSPS) is 17.5. The smallest absolute Gasteiger partial charge is 0.310 e. The summed E-state index contributed by atoms with van der Waals surface area (Å²) in [4.78, 5) is 49.0. The second-order valence-electron chi connectivity index (χ2n) is 5.57. The van der Waals surface area contributed by atoms with Gasteiger partial charge in [0.05, 0.1) is 25.5 Å². The molecule has 130 valence electrons. The molecule has 0 aromatic rings. The van der Waals surface area contributed by atoms with Crippen LogP contribution in [-0.2, 0) is 23.9 Å². The van der Waals surface area contributed by atoms with E-state index in [1.807, 2.05) is 0 Å². The Morgan fingerprint density at radius 2 is 1.96 bits per heavy atom. The number of hydrogen-bond donors (Lipinski definition) is 1. The van der Waals surface area contributed by atoms with Crippen LogP contribution < -0.4 is 0 Å². The highest BCUT2D eigenvalue weighted by atomic mass is 16.5. The molecule has 0 radical (unpaired) electrons. The summed E-state index contributed by atoms with van der Waals surface area (Å²) in [5.74, 6) is -2.30. The summed E-state index contributed by atoms with van der Waals surface area (Å²) in [5.41, 5.74) is 0. The van der Waals surface area contributed by atoms with E-state index in [9.17, 15) is 19.2 Å². The number of amides is 2. The van der Waals surface area contributed by atoms with Crippen molar-refractivity contribution in [1.82, 2.24) is 9.80 Å². The number of carbonyl (C=O) groups is 4. The highest BCUT2D eigenvalue weighted by molar-refractivity contribution is 5.86. The Hall–Kier alpha value is -2.12. The van der Waals surface area contributed by atoms with Crippen LogP contribution in [0.5, 0.6) is 0 Å². The van der Waals surface area contributed by atoms with E-state index in [-0.39, 0.29) is 43.1 Å². The number of carboxylic acids is 1. The fourth-order valence-corrected chi connectivity index (χ4v) is 2.45. The average Bonchev–Trinajstić information content (AvgIpc) is 2.52. The van der Waals surface area contributed by atoms with Crippen molar-refractivity contribution in [2.45, 2.75) is 32.6 Å². The monoisotopic (exact) mass is 328 g/mol. The second kappa shape index (κ2) is 9.12. The Labute approximate surface area is 135 Å². The van der Waals surface area contributed by atoms with Crippen molar-refractivity contribution in [1.29, 1.82) is 0 Å². The summed E-state index contributed by atoms with van der Waals surface area (Å²) in [6.07, 6.45) is 1.01. The molecule has 1 unspecified atom stereocenters. The molecule has 1 rings (SSSR count). The first-order valence-electron chi connectivity index (χ1n) is 7.75. The third-order valence-corrected chi connectivity index (χ3v) is 3.74. The number of hydrogen-bond acceptors (Lipinski definition) is 5. The summed E-state index contributed by atoms with van der Waals surface area (Å²) in [6, 6.07) is 0. The highest BCUT2D eigenvalue weighted by Gasteiger charge is 2.30. The summed E-state index contributed by atoms with van der Waals surface area (Å²) in [7, 11) is 1.47. The van der Waals surface area contributed by atoms with Gasteiger partial charge in [-0.05, 0) is 19.8 Å². The van der Waals surface area contributed by atoms with Crippen molar-refractivity contribution >= 4 is 23.8 Å². The van der Waals surface area contributed by atoms with Crippen LogP contribution in [0.4, 0.5) is 0 Å². The van der Waals surface area contributed by atoms with E-state index < -0.39 is 5.97 Å². The molecule has 0 aliphatic carbocycles. The predicted molar refractivity (Wildman–Crippen MR) is 80.4 cm³/mol. The molecule has 8 nitrogen and oxygen atoms in total. The number of esters is 1. The van der Waals surface area contributed by atoms with Gasteiger partial charge in [-0.15, -0.1) is 0 Å². The average molecular weight is 328 g/mol. The lowest BCUT2D eigenvalue weighted by Gasteiger charge is -2.32. The van der Waals surface area contributed by atoms with Gasteiger partial charge >= 0.3 is 11.9 Å². The number of nitrogens with zero attached hydrogens (tertiary/aromatic N) is 2. The minimum absolute atomic E-state index is 0.117. The predicted octanol–water partition coefficient (Wildman–Crippen LogP) is 0.111. The highest BCUT2D eigenvalue weighted by Crippen LogP contribution is 2.18. The van der Waals surface area contributed by atoms with Gasteiger partial charge in [0.1, 0.15) is 0 Å². The summed E-state index contributed by atoms with van der Waals surface area (Å²) in [5, 5.41) is 8.57. The Balaban J connectivity index is 2.48. The molecule has 0 saturated carbocycles. The summed E-state index contributed by atoms with van der Waals surface area (Å²) < 4.78 is 4.99. The maximum atomic E-state index is 12.2. The van der Waals surface area contributed by atoms with E-state index in [0.29, 0.717) is 32.5 Å². The van der Waals surface area contributed by atoms with Crippen molar-refractivity contribution < 1.29 is 29.0 Å². The number of carbonyl (C=O) groups excluding carboxylic acids is 3. The van der Waals surface area contributed by atoms with Gasteiger partial charge in [0.25, 0.3) is 0 Å². The molecule has 1 aliphatic heterocycles. The van der Waals surface area contributed by atoms with Crippen molar-refractivity contribution in [3.05, 3.63) is 0 Å². The maximum Gasteiger partial charge on any atom is 0.310 e. The number of ether oxygens (including phenoxy) is 1. The molecule has 0 aromatic heterocycles. The van der Waals surface area contributed by atoms with Gasteiger partial charge in [0.15, 0.2) is 0 Å². The Morgan fingerprint density at radius 1 is 1.26 bits per heavy atom. The topological polar surface area (TPSA) is 104 Å². The molecule has 1 aliphatic rings. The molecular formula is C15H24N2O6. The number of aliphatic carboxylic acids is 1. The molecule has 1 atom stereocenters. The minimum Gasteiger partial charge on any atom is -0.481 e. The van der Waals surface area contributed by atoms with Gasteiger partial charge in [-0.2, -0.15) is 0 Å². The van der Waals surface area contributed by atoms with Gasteiger partial charge in [0.2, 0.25) is 11.8 Å². The quantitative estimate of drug-likeness (QED) is 0.665. The molecule has 1 saturated heterocycles. The molecule has 1 fully saturated rings. The minimum atomic E-state index is -1.05. The first kappa shape index (κ1) is 18.9. The first-order chi connectivity index (χ1) is 10.8. The standard InChI is InChI=1S/C15H24N2O6/c1-3-23-15(22)11-5-4-8-17(9-11)13(19)10-16(2)12(18)6-7-14(20)21/h11H,3-10H2,1-2H3,(H,20,21). The third kappa shape index (κ3) is 6.25. The van der Waals surface area contributed by atoms with Crippen molar-refractivity contribution in [3.8, 4) is 0 Å². The Morgan fingerprint density at radius 3 is 2.57 bits per heavy atom. The van der Waals surface area contributed by atoms with Gasteiger partial charge in [-0.25, -0.2) is 0 Å². The molecule has 0 aromatic carbocycles. The van der Waals surface area contributed by atoms with Crippen LogP contribution in [0.25, 0.3) is 0 Å². The van der Waals surface area contributed by atoms with Crippen molar-refractivity contribution in [2.24, 2.45) is 5.92 Å². The Kier molecular flexibility index (Phi) is 7.50. The zero-order valence-corrected chi connectivity index (χ0v) is 13.6. The number of piperidine rings is 1. The second-order valence-corrected chi connectivity index (χ2v) is 5.57. The van der Waals surface area contributed by atoms with E-state index in [1.54, 1.807) is 11.8 Å². The maximum absolute atomic E-state index is 12.2. The number of likely N-dealkylation sites (N-methyl/N-ethyl adjacent to an activating group) is 1. The van der Waals surface area contributed by atoms with Crippen molar-refractivity contribution in [3.63, 3.8) is 0 Å². The van der Waals surface area contributed by atoms with Crippen LogP contribution >= 0.6 is 0 Å². The lowest BCUT2D eigenvalue weighted by Crippen LogP contribution is -2.47. The summed E-state index contributed by atoms with van der Waals surface area (Å²) >= 11 is 0. The van der Waals surface area contributed by atoms with Crippen molar-refractivity contribution in [2.75, 3.05) is 33.3 Å². The zero-order chi connectivity index (χ0) is 17.4. The van der Waals surface area contributed by atoms with Crippen LogP contribution in [-0.4, -0.2) is 71.9 Å². The molecule has 1 heterocycles. The third-order valence-electron chi connectivity index (χ3n) is 3.74. The van der Waals surface area contributed by atoms with Gasteiger partial charge in [-0.1, -0.05) is 0 Å². The van der Waals surface area contributed by atoms with Gasteiger partial charge in [-0.3, -0.25) is 19.2 Å². The van der Waals surface area contributed by atoms with Crippen LogP contribution in [0, 0.1) is 5.92 Å². The number of carboxylic acid groups (broad SMARTS) is 1. The van der Waals surface area contributed by atoms with E-state index in [0.717, 1.165) is 0 Å². The van der Waals surface area contributed by atoms with E-state index in [4.69, 9.17) is 9.84 Å². The van der Waals surface area contributed by atoms with Crippen LogP contribution in [0.1, 0.15) is 32.6 Å². The van der Waals surface area contributed by atoms with Crippen LogP contribution in [0.15, 0.2) is 0 Å². The summed E-state index contributed by atoms with van der Waals surface area (Å²) in [6.45, 7) is 2.78. The fourth-order valence-electron chi connectivity index (χ4n) is 2.45. The van der Waals surface area contributed by atoms with Gasteiger partial charge < -0.3 is 19.6 Å². The fraction of sp³-hybridized carbons (Fsp3) is 0.733. The molecule has 0 bridgehead atoms. The molecule has 2 amide bonds. The van der Waals surface area contributed by atoms with E-state index in [1.165, 1.54) is 11.9 Å². The molecular weight excluding hydrogens is 304 g/mol. The molecule has 8 heteroatoms. The SMILES string of the molecule is CCOC(=O)C1CCCN(C(=O)CN(C)C(=O)CCC(=O)O)C1. The number of likely N-dealkylation sites (tertiary alicyclic amines) is 1. The lowest BCUT2D eigenvalue weighted by molar-refractivity contribution is -0.152. The van der Waals surface area contributed by atoms with Gasteiger partial charge in [0, 0.05) is 26.6 Å². The van der Waals surface area contributed by atoms with Crippen LogP contribution in [0.2, 0.25) is 0 Å². The van der Waals surface area contributed by atoms with E-state index in [2.05, 4.69) is 0 Å². The first-order valence-corrected chi connectivity index (χ1v) is 7.75. The lowest BCUT2D eigenvalue weighted by atomic mass is 9.98. The Bertz CT molecular complexity index is 465. The van der Waals surface area contributed by atoms with Crippen LogP contribution in [0.3, 0.4) is 0 Å². The molecule has 1 N–H and O–H groups in total. The number of rotatable bonds is 7.